The second-order valence-corrected chi connectivity index (χ2v) is 11.5. The molecule has 1 N–H and O–H groups in total. The van der Waals surface area contributed by atoms with E-state index < -0.39 is 20.0 Å². The lowest BCUT2D eigenvalue weighted by atomic mass is 10.0. The van der Waals surface area contributed by atoms with Crippen molar-refractivity contribution in [3.8, 4) is 5.75 Å². The molecule has 2 aromatic carbocycles. The van der Waals surface area contributed by atoms with Gasteiger partial charge in [0.2, 0.25) is 0 Å². The van der Waals surface area contributed by atoms with Crippen LogP contribution in [0.1, 0.15) is 12.0 Å². The lowest BCUT2D eigenvalue weighted by molar-refractivity contribution is 0.414. The number of hydrogen-bond donors (Lipinski definition) is 1. The molecule has 30 heavy (non-hydrogen) atoms. The molecule has 0 bridgehead atoms. The molecule has 0 aliphatic carbocycles. The number of benzene rings is 2. The first-order chi connectivity index (χ1) is 14.3. The van der Waals surface area contributed by atoms with E-state index in [4.69, 9.17) is 4.74 Å². The van der Waals surface area contributed by atoms with Gasteiger partial charge in [-0.2, -0.15) is 0 Å². The molecule has 0 spiro atoms. The average Bonchev–Trinajstić information content (AvgIpc) is 3.29. The summed E-state index contributed by atoms with van der Waals surface area (Å²) in [6.45, 7) is 0.349. The quantitative estimate of drug-likeness (QED) is 0.600. The molecule has 4 rings (SSSR count). The van der Waals surface area contributed by atoms with Crippen molar-refractivity contribution in [1.29, 1.82) is 0 Å². The Morgan fingerprint density at radius 2 is 1.80 bits per heavy atom. The maximum atomic E-state index is 13.1. The van der Waals surface area contributed by atoms with Gasteiger partial charge in [0.25, 0.3) is 20.0 Å². The van der Waals surface area contributed by atoms with Crippen LogP contribution in [0.5, 0.6) is 5.75 Å². The van der Waals surface area contributed by atoms with Gasteiger partial charge < -0.3 is 4.74 Å². The highest BCUT2D eigenvalue weighted by Crippen LogP contribution is 2.35. The number of aryl methyl sites for hydroxylation is 1. The van der Waals surface area contributed by atoms with Crippen molar-refractivity contribution in [1.82, 2.24) is 0 Å². The Morgan fingerprint density at radius 1 is 1.03 bits per heavy atom. The standard InChI is InChI=1S/C20H20N2O5S3/c1-27-17-8-10-18(11-9-17)29(23,24)21-16-7-6-15-4-2-12-22(19(15)14-16)30(25,26)20-5-3-13-28-20/h3,5-11,13-14,21H,2,4,12H2,1H3. The lowest BCUT2D eigenvalue weighted by Crippen LogP contribution is -2.35. The fourth-order valence-electron chi connectivity index (χ4n) is 3.34. The van der Waals surface area contributed by atoms with Gasteiger partial charge in [-0.05, 0) is 66.2 Å². The number of nitrogens with one attached hydrogen (secondary N) is 1. The van der Waals surface area contributed by atoms with E-state index in [0.717, 1.165) is 23.3 Å². The zero-order chi connectivity index (χ0) is 21.4. The summed E-state index contributed by atoms with van der Waals surface area (Å²) in [6.07, 6.45) is 1.44. The van der Waals surface area contributed by atoms with Gasteiger partial charge >= 0.3 is 0 Å². The largest absolute Gasteiger partial charge is 0.497 e. The Balaban J connectivity index is 1.67. The first-order valence-electron chi connectivity index (χ1n) is 9.17. The first kappa shape index (κ1) is 20.7. The van der Waals surface area contributed by atoms with Crippen LogP contribution >= 0.6 is 11.3 Å². The highest BCUT2D eigenvalue weighted by molar-refractivity contribution is 7.94. The van der Waals surface area contributed by atoms with Gasteiger partial charge in [0.1, 0.15) is 9.96 Å². The second-order valence-electron chi connectivity index (χ2n) is 6.74. The van der Waals surface area contributed by atoms with Crippen molar-refractivity contribution < 1.29 is 21.6 Å². The van der Waals surface area contributed by atoms with E-state index in [9.17, 15) is 16.8 Å². The normalized spacial score (nSPS) is 14.2. The van der Waals surface area contributed by atoms with E-state index in [0.29, 0.717) is 30.1 Å². The van der Waals surface area contributed by atoms with Crippen LogP contribution in [0.4, 0.5) is 11.4 Å². The highest BCUT2D eigenvalue weighted by Gasteiger charge is 2.30. The third-order valence-electron chi connectivity index (χ3n) is 4.82. The number of nitrogens with zero attached hydrogens (tertiary/aromatic N) is 1. The van der Waals surface area contributed by atoms with E-state index in [2.05, 4.69) is 4.72 Å². The summed E-state index contributed by atoms with van der Waals surface area (Å²) in [6, 6.07) is 14.3. The topological polar surface area (TPSA) is 92.8 Å². The molecule has 2 heterocycles. The van der Waals surface area contributed by atoms with Gasteiger partial charge in [-0.15, -0.1) is 11.3 Å². The zero-order valence-electron chi connectivity index (χ0n) is 16.1. The van der Waals surface area contributed by atoms with E-state index in [1.54, 1.807) is 47.8 Å². The molecule has 7 nitrogen and oxygen atoms in total. The Bertz CT molecular complexity index is 1250. The average molecular weight is 465 g/mol. The summed E-state index contributed by atoms with van der Waals surface area (Å²) in [4.78, 5) is 0.0871. The highest BCUT2D eigenvalue weighted by atomic mass is 32.2. The van der Waals surface area contributed by atoms with Crippen molar-refractivity contribution >= 4 is 42.8 Å². The van der Waals surface area contributed by atoms with E-state index in [1.165, 1.54) is 23.5 Å². The number of ether oxygens (including phenoxy) is 1. The van der Waals surface area contributed by atoms with Crippen molar-refractivity contribution in [2.45, 2.75) is 21.9 Å². The van der Waals surface area contributed by atoms with Crippen molar-refractivity contribution in [3.05, 3.63) is 65.5 Å². The fourth-order valence-corrected chi connectivity index (χ4v) is 7.03. The second kappa shape index (κ2) is 7.93. The Hall–Kier alpha value is -2.56. The summed E-state index contributed by atoms with van der Waals surface area (Å²) >= 11 is 1.16. The molecule has 3 aromatic rings. The van der Waals surface area contributed by atoms with Gasteiger partial charge in [-0.3, -0.25) is 9.03 Å². The maximum absolute atomic E-state index is 13.1. The molecule has 1 aliphatic heterocycles. The molecular formula is C20H20N2O5S3. The van der Waals surface area contributed by atoms with Crippen molar-refractivity contribution in [3.63, 3.8) is 0 Å². The van der Waals surface area contributed by atoms with Crippen LogP contribution in [0.2, 0.25) is 0 Å². The number of thiophene rings is 1. The molecule has 0 unspecified atom stereocenters. The molecule has 0 fully saturated rings. The number of rotatable bonds is 6. The third-order valence-corrected chi connectivity index (χ3v) is 9.41. The molecule has 0 atom stereocenters. The van der Waals surface area contributed by atoms with Crippen molar-refractivity contribution in [2.75, 3.05) is 22.7 Å². The maximum Gasteiger partial charge on any atom is 0.273 e. The van der Waals surface area contributed by atoms with Crippen LogP contribution in [0, 0.1) is 0 Å². The Morgan fingerprint density at radius 3 is 2.47 bits per heavy atom. The number of fused-ring (bicyclic) bond motifs is 1. The molecule has 10 heteroatoms. The minimum absolute atomic E-state index is 0.0871. The van der Waals surface area contributed by atoms with Gasteiger partial charge in [0.05, 0.1) is 23.4 Å². The van der Waals surface area contributed by atoms with E-state index >= 15 is 0 Å². The summed E-state index contributed by atoms with van der Waals surface area (Å²) in [5.41, 5.74) is 1.68. The van der Waals surface area contributed by atoms with Crippen LogP contribution in [-0.2, 0) is 26.5 Å². The summed E-state index contributed by atoms with van der Waals surface area (Å²) < 4.78 is 60.9. The van der Waals surface area contributed by atoms with Crippen LogP contribution in [-0.4, -0.2) is 30.5 Å². The van der Waals surface area contributed by atoms with Crippen LogP contribution in [0.25, 0.3) is 0 Å². The van der Waals surface area contributed by atoms with E-state index in [1.807, 2.05) is 0 Å². The number of methoxy groups -OCH3 is 1. The van der Waals surface area contributed by atoms with E-state index in [-0.39, 0.29) is 9.10 Å². The van der Waals surface area contributed by atoms with Gasteiger partial charge in [-0.1, -0.05) is 12.1 Å². The number of anilines is 2. The first-order valence-corrected chi connectivity index (χ1v) is 13.0. The molecule has 0 saturated carbocycles. The minimum Gasteiger partial charge on any atom is -0.497 e. The molecular weight excluding hydrogens is 444 g/mol. The summed E-state index contributed by atoms with van der Waals surface area (Å²) in [5.74, 6) is 0.553. The predicted molar refractivity (Wildman–Crippen MR) is 117 cm³/mol. The van der Waals surface area contributed by atoms with Crippen molar-refractivity contribution in [2.24, 2.45) is 0 Å². The molecule has 1 aromatic heterocycles. The van der Waals surface area contributed by atoms with Crippen LogP contribution in [0.15, 0.2) is 69.1 Å². The molecule has 0 saturated heterocycles. The van der Waals surface area contributed by atoms with Crippen LogP contribution < -0.4 is 13.8 Å². The molecule has 1 aliphatic rings. The van der Waals surface area contributed by atoms with Gasteiger partial charge in [0.15, 0.2) is 0 Å². The summed E-state index contributed by atoms with van der Waals surface area (Å²) in [5, 5.41) is 1.72. The van der Waals surface area contributed by atoms with Crippen LogP contribution in [0.3, 0.4) is 0 Å². The third kappa shape index (κ3) is 3.90. The fraction of sp³-hybridized carbons (Fsp3) is 0.200. The Labute approximate surface area is 180 Å². The Kier molecular flexibility index (Phi) is 5.48. The number of hydrogen-bond acceptors (Lipinski definition) is 6. The van der Waals surface area contributed by atoms with Gasteiger partial charge in [-0.25, -0.2) is 16.8 Å². The van der Waals surface area contributed by atoms with Gasteiger partial charge in [0, 0.05) is 6.54 Å². The predicted octanol–water partition coefficient (Wildman–Crippen LogP) is 3.70. The smallest absolute Gasteiger partial charge is 0.273 e. The monoisotopic (exact) mass is 464 g/mol. The molecule has 158 valence electrons. The lowest BCUT2D eigenvalue weighted by Gasteiger charge is -2.30. The molecule has 0 radical (unpaired) electrons. The number of sulfonamides is 2. The zero-order valence-corrected chi connectivity index (χ0v) is 18.6. The molecule has 0 amide bonds. The SMILES string of the molecule is COc1ccc(S(=O)(=O)Nc2ccc3c(c2)N(S(=O)(=O)c2cccs2)CCC3)cc1. The minimum atomic E-state index is -3.83. The summed E-state index contributed by atoms with van der Waals surface area (Å²) in [7, 11) is -6.02.